The standard InChI is InChI=1S/C15H15N3O2/c1-10-17-12(13(8-16)18(10)2)5-3-11-4-6-14-15(7-11)20-9-19-14/h4,6-7H,3,5,9H2,1-2H3. The third-order valence-electron chi connectivity index (χ3n) is 3.58. The van der Waals surface area contributed by atoms with Crippen molar-refractivity contribution in [1.82, 2.24) is 9.55 Å². The van der Waals surface area contributed by atoms with Crippen LogP contribution in [0, 0.1) is 18.3 Å². The Morgan fingerprint density at radius 1 is 1.30 bits per heavy atom. The van der Waals surface area contributed by atoms with Crippen LogP contribution in [0.25, 0.3) is 0 Å². The molecule has 5 nitrogen and oxygen atoms in total. The van der Waals surface area contributed by atoms with E-state index in [0.717, 1.165) is 41.4 Å². The largest absolute Gasteiger partial charge is 0.454 e. The van der Waals surface area contributed by atoms with Crippen LogP contribution in [-0.4, -0.2) is 16.3 Å². The van der Waals surface area contributed by atoms with Crippen molar-refractivity contribution in [3.8, 4) is 17.6 Å². The van der Waals surface area contributed by atoms with Gasteiger partial charge in [-0.15, -0.1) is 0 Å². The van der Waals surface area contributed by atoms with E-state index in [4.69, 9.17) is 9.47 Å². The molecule has 0 fully saturated rings. The summed E-state index contributed by atoms with van der Waals surface area (Å²) in [6.07, 6.45) is 1.56. The smallest absolute Gasteiger partial charge is 0.231 e. The van der Waals surface area contributed by atoms with Gasteiger partial charge in [-0.1, -0.05) is 6.07 Å². The molecule has 0 saturated heterocycles. The molecule has 0 bridgehead atoms. The number of aryl methyl sites for hydroxylation is 3. The Morgan fingerprint density at radius 2 is 2.10 bits per heavy atom. The van der Waals surface area contributed by atoms with Gasteiger partial charge < -0.3 is 14.0 Å². The van der Waals surface area contributed by atoms with E-state index in [9.17, 15) is 5.26 Å². The van der Waals surface area contributed by atoms with Gasteiger partial charge in [0.05, 0.1) is 5.69 Å². The van der Waals surface area contributed by atoms with Crippen LogP contribution in [-0.2, 0) is 19.9 Å². The van der Waals surface area contributed by atoms with E-state index in [1.165, 1.54) is 0 Å². The van der Waals surface area contributed by atoms with Crippen LogP contribution < -0.4 is 9.47 Å². The van der Waals surface area contributed by atoms with Crippen molar-refractivity contribution in [1.29, 1.82) is 5.26 Å². The van der Waals surface area contributed by atoms with Gasteiger partial charge >= 0.3 is 0 Å². The van der Waals surface area contributed by atoms with Crippen molar-refractivity contribution < 1.29 is 9.47 Å². The predicted molar refractivity (Wildman–Crippen MR) is 72.6 cm³/mol. The number of benzene rings is 1. The summed E-state index contributed by atoms with van der Waals surface area (Å²) in [6.45, 7) is 2.20. The molecule has 0 atom stereocenters. The van der Waals surface area contributed by atoms with Crippen molar-refractivity contribution in [2.45, 2.75) is 19.8 Å². The van der Waals surface area contributed by atoms with Crippen molar-refractivity contribution in [2.24, 2.45) is 7.05 Å². The average molecular weight is 269 g/mol. The van der Waals surface area contributed by atoms with Gasteiger partial charge in [0.2, 0.25) is 6.79 Å². The van der Waals surface area contributed by atoms with Gasteiger partial charge in [-0.05, 0) is 37.5 Å². The van der Waals surface area contributed by atoms with Gasteiger partial charge in [-0.25, -0.2) is 4.98 Å². The summed E-state index contributed by atoms with van der Waals surface area (Å²) in [5.41, 5.74) is 2.65. The lowest BCUT2D eigenvalue weighted by Crippen LogP contribution is -1.97. The molecule has 2 aromatic rings. The Labute approximate surface area is 117 Å². The van der Waals surface area contributed by atoms with E-state index in [1.807, 2.05) is 36.7 Å². The topological polar surface area (TPSA) is 60.1 Å². The number of aromatic nitrogens is 2. The van der Waals surface area contributed by atoms with E-state index in [1.54, 1.807) is 0 Å². The zero-order valence-corrected chi connectivity index (χ0v) is 11.5. The van der Waals surface area contributed by atoms with Crippen LogP contribution >= 0.6 is 0 Å². The molecule has 0 spiro atoms. The minimum atomic E-state index is 0.288. The normalized spacial score (nSPS) is 12.4. The lowest BCUT2D eigenvalue weighted by molar-refractivity contribution is 0.174. The summed E-state index contributed by atoms with van der Waals surface area (Å²) < 4.78 is 12.5. The quantitative estimate of drug-likeness (QED) is 0.856. The predicted octanol–water partition coefficient (Wildman–Crippen LogP) is 2.11. The van der Waals surface area contributed by atoms with Crippen LogP contribution in [0.5, 0.6) is 11.5 Å². The molecule has 3 rings (SSSR count). The summed E-state index contributed by atoms with van der Waals surface area (Å²) in [7, 11) is 1.87. The molecule has 1 aliphatic rings. The molecule has 1 aromatic heterocycles. The van der Waals surface area contributed by atoms with Crippen LogP contribution in [0.1, 0.15) is 22.8 Å². The van der Waals surface area contributed by atoms with Crippen molar-refractivity contribution in [2.75, 3.05) is 6.79 Å². The molecule has 2 heterocycles. The van der Waals surface area contributed by atoms with Crippen LogP contribution in [0.2, 0.25) is 0 Å². The maximum absolute atomic E-state index is 9.19. The second kappa shape index (κ2) is 4.89. The highest BCUT2D eigenvalue weighted by atomic mass is 16.7. The zero-order chi connectivity index (χ0) is 14.1. The van der Waals surface area contributed by atoms with E-state index < -0.39 is 0 Å². The van der Waals surface area contributed by atoms with E-state index in [0.29, 0.717) is 5.69 Å². The molecule has 20 heavy (non-hydrogen) atoms. The van der Waals surface area contributed by atoms with Gasteiger partial charge in [-0.2, -0.15) is 5.26 Å². The highest BCUT2D eigenvalue weighted by Gasteiger charge is 2.15. The molecule has 0 saturated carbocycles. The second-order valence-electron chi connectivity index (χ2n) is 4.81. The number of fused-ring (bicyclic) bond motifs is 1. The van der Waals surface area contributed by atoms with E-state index in [2.05, 4.69) is 11.1 Å². The van der Waals surface area contributed by atoms with Crippen LogP contribution in [0.15, 0.2) is 18.2 Å². The molecule has 0 unspecified atom stereocenters. The molecule has 1 aromatic carbocycles. The van der Waals surface area contributed by atoms with Gasteiger partial charge in [0.1, 0.15) is 17.6 Å². The Bertz CT molecular complexity index is 698. The van der Waals surface area contributed by atoms with Crippen molar-refractivity contribution in [3.63, 3.8) is 0 Å². The molecule has 0 aliphatic carbocycles. The summed E-state index contributed by atoms with van der Waals surface area (Å²) in [5, 5.41) is 9.19. The Morgan fingerprint density at radius 3 is 2.90 bits per heavy atom. The molecule has 5 heteroatoms. The van der Waals surface area contributed by atoms with Gasteiger partial charge in [0.15, 0.2) is 11.5 Å². The number of nitrogens with zero attached hydrogens (tertiary/aromatic N) is 3. The summed E-state index contributed by atoms with van der Waals surface area (Å²) in [5.74, 6) is 2.45. The summed E-state index contributed by atoms with van der Waals surface area (Å²) in [6, 6.07) is 8.15. The highest BCUT2D eigenvalue weighted by molar-refractivity contribution is 5.44. The van der Waals surface area contributed by atoms with Gasteiger partial charge in [-0.3, -0.25) is 0 Å². The Hall–Kier alpha value is -2.48. The minimum Gasteiger partial charge on any atom is -0.454 e. The van der Waals surface area contributed by atoms with E-state index >= 15 is 0 Å². The fourth-order valence-corrected chi connectivity index (χ4v) is 2.35. The first kappa shape index (κ1) is 12.5. The maximum atomic E-state index is 9.19. The zero-order valence-electron chi connectivity index (χ0n) is 11.5. The lowest BCUT2D eigenvalue weighted by atomic mass is 10.1. The number of rotatable bonds is 3. The molecule has 0 radical (unpaired) electrons. The molecule has 1 aliphatic heterocycles. The highest BCUT2D eigenvalue weighted by Crippen LogP contribution is 2.32. The van der Waals surface area contributed by atoms with Crippen molar-refractivity contribution >= 4 is 0 Å². The Balaban J connectivity index is 1.77. The Kier molecular flexibility index (Phi) is 3.07. The molecular weight excluding hydrogens is 254 g/mol. The van der Waals surface area contributed by atoms with E-state index in [-0.39, 0.29) is 6.79 Å². The third kappa shape index (κ3) is 2.10. The first-order chi connectivity index (χ1) is 9.69. The monoisotopic (exact) mass is 269 g/mol. The van der Waals surface area contributed by atoms with Crippen molar-refractivity contribution in [3.05, 3.63) is 41.0 Å². The molecule has 0 N–H and O–H groups in total. The molecule has 0 amide bonds. The third-order valence-corrected chi connectivity index (χ3v) is 3.58. The number of ether oxygens (including phenoxy) is 2. The SMILES string of the molecule is Cc1nc(CCc2ccc3c(c2)OCO3)c(C#N)n1C. The fraction of sp³-hybridized carbons (Fsp3) is 0.333. The first-order valence-electron chi connectivity index (χ1n) is 6.50. The maximum Gasteiger partial charge on any atom is 0.231 e. The minimum absolute atomic E-state index is 0.288. The number of imidazole rings is 1. The summed E-state index contributed by atoms with van der Waals surface area (Å²) in [4.78, 5) is 4.45. The van der Waals surface area contributed by atoms with Crippen LogP contribution in [0.3, 0.4) is 0 Å². The number of nitriles is 1. The second-order valence-corrected chi connectivity index (χ2v) is 4.81. The summed E-state index contributed by atoms with van der Waals surface area (Å²) >= 11 is 0. The fourth-order valence-electron chi connectivity index (χ4n) is 2.35. The number of hydrogen-bond donors (Lipinski definition) is 0. The molecule has 102 valence electrons. The lowest BCUT2D eigenvalue weighted by Gasteiger charge is -2.02. The number of hydrogen-bond acceptors (Lipinski definition) is 4. The van der Waals surface area contributed by atoms with Gasteiger partial charge in [0.25, 0.3) is 0 Å². The average Bonchev–Trinajstić information content (AvgIpc) is 3.01. The van der Waals surface area contributed by atoms with Crippen LogP contribution in [0.4, 0.5) is 0 Å². The van der Waals surface area contributed by atoms with Gasteiger partial charge in [0, 0.05) is 7.05 Å². The first-order valence-corrected chi connectivity index (χ1v) is 6.50. The molecular formula is C15H15N3O2.